The molecular formula is C12H6I2N2OS. The van der Waals surface area contributed by atoms with Gasteiger partial charge < -0.3 is 5.11 Å². The van der Waals surface area contributed by atoms with Gasteiger partial charge in [-0.15, -0.1) is 0 Å². The molecule has 1 aromatic carbocycles. The summed E-state index contributed by atoms with van der Waals surface area (Å²) in [4.78, 5) is 9.68. The van der Waals surface area contributed by atoms with Crippen molar-refractivity contribution in [3.8, 4) is 16.3 Å². The van der Waals surface area contributed by atoms with Crippen LogP contribution in [0.25, 0.3) is 20.9 Å². The number of aromatic nitrogens is 2. The van der Waals surface area contributed by atoms with Crippen molar-refractivity contribution in [2.45, 2.75) is 0 Å². The Bertz CT molecular complexity index is 709. The highest BCUT2D eigenvalue weighted by Gasteiger charge is 2.14. The fourth-order valence-electron chi connectivity index (χ4n) is 1.61. The second-order valence-electron chi connectivity index (χ2n) is 3.63. The van der Waals surface area contributed by atoms with E-state index in [0.717, 1.165) is 28.1 Å². The molecule has 90 valence electrons. The fourth-order valence-corrected chi connectivity index (χ4v) is 4.38. The molecule has 2 heterocycles. The maximum Gasteiger partial charge on any atom is 0.143 e. The highest BCUT2D eigenvalue weighted by atomic mass is 127. The van der Waals surface area contributed by atoms with Crippen molar-refractivity contribution in [1.82, 2.24) is 9.97 Å². The lowest BCUT2D eigenvalue weighted by Gasteiger charge is -2.04. The maximum absolute atomic E-state index is 10.1. The maximum atomic E-state index is 10.1. The number of phenolic OH excluding ortho intramolecular Hbond substituents is 1. The zero-order valence-electron chi connectivity index (χ0n) is 8.89. The smallest absolute Gasteiger partial charge is 0.143 e. The molecule has 6 heteroatoms. The summed E-state index contributed by atoms with van der Waals surface area (Å²) < 4.78 is 1.92. The number of hydrogen-bond donors (Lipinski definition) is 1. The van der Waals surface area contributed by atoms with Crippen LogP contribution < -0.4 is 0 Å². The van der Waals surface area contributed by atoms with Crippen molar-refractivity contribution in [3.63, 3.8) is 0 Å². The van der Waals surface area contributed by atoms with E-state index in [-0.39, 0.29) is 5.75 Å². The van der Waals surface area contributed by atoms with Gasteiger partial charge in [0.15, 0.2) is 0 Å². The van der Waals surface area contributed by atoms with Crippen LogP contribution in [0, 0.1) is 7.14 Å². The molecule has 0 bridgehead atoms. The average molecular weight is 480 g/mol. The lowest BCUT2D eigenvalue weighted by Crippen LogP contribution is -1.84. The molecule has 0 spiro atoms. The summed E-state index contributed by atoms with van der Waals surface area (Å²) in [6, 6.07) is 7.67. The van der Waals surface area contributed by atoms with Crippen molar-refractivity contribution in [2.24, 2.45) is 0 Å². The number of aromatic hydroxyl groups is 1. The number of phenols is 1. The van der Waals surface area contributed by atoms with Gasteiger partial charge in [-0.2, -0.15) is 0 Å². The molecule has 0 radical (unpaired) electrons. The van der Waals surface area contributed by atoms with E-state index in [0.29, 0.717) is 0 Å². The first-order valence-corrected chi connectivity index (χ1v) is 8.02. The Balaban J connectivity index is 2.26. The van der Waals surface area contributed by atoms with Gasteiger partial charge in [0.05, 0.1) is 9.13 Å². The van der Waals surface area contributed by atoms with Gasteiger partial charge in [0.25, 0.3) is 0 Å². The highest BCUT2D eigenvalue weighted by molar-refractivity contribution is 14.1. The Morgan fingerprint density at radius 1 is 1.22 bits per heavy atom. The van der Waals surface area contributed by atoms with E-state index in [1.807, 2.05) is 24.3 Å². The predicted molar refractivity (Wildman–Crippen MR) is 89.9 cm³/mol. The zero-order valence-corrected chi connectivity index (χ0v) is 14.0. The van der Waals surface area contributed by atoms with Gasteiger partial charge in [-0.3, -0.25) is 0 Å². The number of thiazole rings is 1. The van der Waals surface area contributed by atoms with Gasteiger partial charge in [-0.25, -0.2) is 9.97 Å². The molecular weight excluding hydrogens is 474 g/mol. The first-order valence-electron chi connectivity index (χ1n) is 5.05. The summed E-state index contributed by atoms with van der Waals surface area (Å²) in [7, 11) is 0. The molecule has 0 aliphatic heterocycles. The molecule has 18 heavy (non-hydrogen) atoms. The lowest BCUT2D eigenvalue weighted by molar-refractivity contribution is 0.473. The number of nitrogens with zero attached hydrogens (tertiary/aromatic N) is 2. The quantitative estimate of drug-likeness (QED) is 0.530. The Hall–Kier alpha value is -0.480. The van der Waals surface area contributed by atoms with Crippen molar-refractivity contribution < 1.29 is 5.11 Å². The van der Waals surface area contributed by atoms with Gasteiger partial charge in [0, 0.05) is 9.77 Å². The summed E-state index contributed by atoms with van der Waals surface area (Å²) in [6.45, 7) is 0. The highest BCUT2D eigenvalue weighted by Crippen LogP contribution is 2.38. The van der Waals surface area contributed by atoms with Crippen LogP contribution >= 0.6 is 56.5 Å². The largest absolute Gasteiger partial charge is 0.506 e. The summed E-state index contributed by atoms with van der Waals surface area (Å²) in [5.74, 6) is 0.287. The van der Waals surface area contributed by atoms with Gasteiger partial charge in [0.1, 0.15) is 21.1 Å². The summed E-state index contributed by atoms with van der Waals surface area (Å²) in [5, 5.41) is 10.9. The Kier molecular flexibility index (Phi) is 3.41. The molecule has 2 aromatic heterocycles. The average Bonchev–Trinajstić information content (AvgIpc) is 2.77. The third kappa shape index (κ3) is 2.21. The van der Waals surface area contributed by atoms with E-state index in [9.17, 15) is 5.11 Å². The van der Waals surface area contributed by atoms with Crippen LogP contribution in [-0.4, -0.2) is 15.1 Å². The summed E-state index contributed by atoms with van der Waals surface area (Å²) >= 11 is 5.86. The number of pyridine rings is 1. The molecule has 0 amide bonds. The molecule has 0 aliphatic rings. The third-order valence-electron chi connectivity index (χ3n) is 2.43. The number of rotatable bonds is 1. The van der Waals surface area contributed by atoms with E-state index in [4.69, 9.17) is 0 Å². The van der Waals surface area contributed by atoms with Crippen LogP contribution in [0.2, 0.25) is 0 Å². The number of benzene rings is 1. The Morgan fingerprint density at radius 3 is 2.83 bits per heavy atom. The SMILES string of the molecule is Oc1c(I)cc(I)cc1-c1nc2cccnc2s1. The molecule has 3 nitrogen and oxygen atoms in total. The lowest BCUT2D eigenvalue weighted by atomic mass is 10.2. The van der Waals surface area contributed by atoms with Crippen molar-refractivity contribution in [2.75, 3.05) is 0 Å². The summed E-state index contributed by atoms with van der Waals surface area (Å²) in [5.41, 5.74) is 1.64. The molecule has 0 saturated heterocycles. The van der Waals surface area contributed by atoms with E-state index in [2.05, 4.69) is 55.1 Å². The standard InChI is InChI=1S/C12H6I2N2OS/c13-6-4-7(10(17)8(14)5-6)11-16-9-2-1-3-15-12(9)18-11/h1-5,17H. The van der Waals surface area contributed by atoms with Crippen molar-refractivity contribution in [1.29, 1.82) is 0 Å². The minimum atomic E-state index is 0.287. The third-order valence-corrected chi connectivity index (χ3v) is 4.88. The van der Waals surface area contributed by atoms with E-state index in [1.54, 1.807) is 6.20 Å². The minimum Gasteiger partial charge on any atom is -0.506 e. The normalized spacial score (nSPS) is 11.0. The second-order valence-corrected chi connectivity index (χ2v) is 7.02. The fraction of sp³-hybridized carbons (Fsp3) is 0. The molecule has 0 atom stereocenters. The topological polar surface area (TPSA) is 46.0 Å². The first-order chi connectivity index (χ1) is 8.65. The monoisotopic (exact) mass is 480 g/mol. The zero-order chi connectivity index (χ0) is 12.7. The molecule has 0 fully saturated rings. The Labute approximate surface area is 135 Å². The minimum absolute atomic E-state index is 0.287. The molecule has 0 unspecified atom stereocenters. The van der Waals surface area contributed by atoms with Gasteiger partial charge >= 0.3 is 0 Å². The molecule has 3 aromatic rings. The van der Waals surface area contributed by atoms with Crippen LogP contribution in [0.4, 0.5) is 0 Å². The molecule has 1 N–H and O–H groups in total. The number of fused-ring (bicyclic) bond motifs is 1. The molecule has 3 rings (SSSR count). The van der Waals surface area contributed by atoms with E-state index >= 15 is 0 Å². The van der Waals surface area contributed by atoms with Crippen LogP contribution in [0.15, 0.2) is 30.5 Å². The van der Waals surface area contributed by atoms with E-state index in [1.165, 1.54) is 11.3 Å². The van der Waals surface area contributed by atoms with Crippen LogP contribution in [0.1, 0.15) is 0 Å². The van der Waals surface area contributed by atoms with Gasteiger partial charge in [-0.05, 0) is 69.4 Å². The number of hydrogen-bond acceptors (Lipinski definition) is 4. The molecule has 0 saturated carbocycles. The van der Waals surface area contributed by atoms with Crippen molar-refractivity contribution in [3.05, 3.63) is 37.6 Å². The Morgan fingerprint density at radius 2 is 2.06 bits per heavy atom. The van der Waals surface area contributed by atoms with Crippen LogP contribution in [-0.2, 0) is 0 Å². The van der Waals surface area contributed by atoms with Gasteiger partial charge in [0.2, 0.25) is 0 Å². The van der Waals surface area contributed by atoms with Crippen molar-refractivity contribution >= 4 is 66.9 Å². The second kappa shape index (κ2) is 4.89. The van der Waals surface area contributed by atoms with Gasteiger partial charge in [-0.1, -0.05) is 11.3 Å². The summed E-state index contributed by atoms with van der Waals surface area (Å²) in [6.07, 6.45) is 1.75. The first kappa shape index (κ1) is 12.5. The number of halogens is 2. The van der Waals surface area contributed by atoms with E-state index < -0.39 is 0 Å². The predicted octanol–water partition coefficient (Wildman–Crippen LogP) is 4.27. The molecule has 0 aliphatic carbocycles. The van der Waals surface area contributed by atoms with Crippen LogP contribution in [0.3, 0.4) is 0 Å². The van der Waals surface area contributed by atoms with Crippen LogP contribution in [0.5, 0.6) is 5.75 Å².